The molecule has 1 aromatic heterocycles. The Morgan fingerprint density at radius 1 is 1.04 bits per heavy atom. The van der Waals surface area contributed by atoms with Gasteiger partial charge in [0.1, 0.15) is 17.6 Å². The molecule has 0 aliphatic carbocycles. The second kappa shape index (κ2) is 7.43. The smallest absolute Gasteiger partial charge is 0.275 e. The number of hydrogen-bond acceptors (Lipinski definition) is 5. The number of halogens is 1. The minimum Gasteiger partial charge on any atom is -0.338 e. The van der Waals surface area contributed by atoms with Crippen LogP contribution in [0.3, 0.4) is 0 Å². The molecule has 0 aliphatic heterocycles. The molecule has 0 aliphatic rings. The third-order valence-corrected chi connectivity index (χ3v) is 3.55. The zero-order valence-corrected chi connectivity index (χ0v) is 13.7. The first kappa shape index (κ1) is 16.4. The first-order chi connectivity index (χ1) is 12.2. The molecule has 3 rings (SSSR count). The number of anilines is 3. The van der Waals surface area contributed by atoms with Crippen LogP contribution < -0.4 is 10.6 Å². The number of benzene rings is 2. The second-order valence-electron chi connectivity index (χ2n) is 5.03. The van der Waals surface area contributed by atoms with E-state index in [2.05, 4.69) is 26.7 Å². The third-order valence-electron chi connectivity index (χ3n) is 3.30. The molecule has 3 aromatic rings. The predicted molar refractivity (Wildman–Crippen MR) is 95.9 cm³/mol. The summed E-state index contributed by atoms with van der Waals surface area (Å²) in [6.07, 6.45) is 2.80. The Hall–Kier alpha value is -3.43. The summed E-state index contributed by atoms with van der Waals surface area (Å²) in [6.45, 7) is 0. The molecule has 0 unspecified atom stereocenters. The molecular weight excluding hydrogens is 338 g/mol. The summed E-state index contributed by atoms with van der Waals surface area (Å²) in [5.41, 5.74) is 1.90. The Labute approximate surface area is 149 Å². The van der Waals surface area contributed by atoms with Gasteiger partial charge in [-0.25, -0.2) is 9.97 Å². The van der Waals surface area contributed by atoms with Crippen molar-refractivity contribution in [2.45, 2.75) is 0 Å². The van der Waals surface area contributed by atoms with Gasteiger partial charge in [-0.05, 0) is 36.4 Å². The van der Waals surface area contributed by atoms with Crippen molar-refractivity contribution in [2.24, 2.45) is 0 Å². The maximum Gasteiger partial charge on any atom is 0.275 e. The van der Waals surface area contributed by atoms with E-state index in [4.69, 9.17) is 16.9 Å². The summed E-state index contributed by atoms with van der Waals surface area (Å²) >= 11 is 5.81. The Bertz CT molecular complexity index is 933. The number of carbonyl (C=O) groups excluding carboxylic acids is 1. The van der Waals surface area contributed by atoms with Gasteiger partial charge in [0.15, 0.2) is 0 Å². The van der Waals surface area contributed by atoms with E-state index < -0.39 is 0 Å². The number of aromatic nitrogens is 2. The number of para-hydroxylation sites is 1. The highest BCUT2D eigenvalue weighted by atomic mass is 35.5. The third kappa shape index (κ3) is 4.10. The minimum atomic E-state index is -0.376. The molecular formula is C18H12ClN5O. The van der Waals surface area contributed by atoms with Crippen LogP contribution in [0, 0.1) is 11.3 Å². The van der Waals surface area contributed by atoms with Crippen LogP contribution in [0.15, 0.2) is 60.9 Å². The van der Waals surface area contributed by atoms with E-state index in [-0.39, 0.29) is 11.6 Å². The average molecular weight is 350 g/mol. The van der Waals surface area contributed by atoms with Crippen LogP contribution >= 0.6 is 11.6 Å². The zero-order valence-electron chi connectivity index (χ0n) is 12.9. The van der Waals surface area contributed by atoms with E-state index in [0.717, 1.165) is 0 Å². The van der Waals surface area contributed by atoms with Gasteiger partial charge in [-0.2, -0.15) is 5.26 Å². The number of nitrogens with one attached hydrogen (secondary N) is 2. The monoisotopic (exact) mass is 349 g/mol. The Morgan fingerprint density at radius 2 is 1.80 bits per heavy atom. The van der Waals surface area contributed by atoms with Crippen molar-refractivity contribution in [3.05, 3.63) is 77.2 Å². The molecule has 0 saturated heterocycles. The fourth-order valence-corrected chi connectivity index (χ4v) is 2.19. The van der Waals surface area contributed by atoms with Gasteiger partial charge in [-0.1, -0.05) is 23.7 Å². The van der Waals surface area contributed by atoms with Gasteiger partial charge in [0, 0.05) is 10.7 Å². The summed E-state index contributed by atoms with van der Waals surface area (Å²) in [6, 6.07) is 15.9. The van der Waals surface area contributed by atoms with E-state index in [1.807, 2.05) is 6.07 Å². The standard InChI is InChI=1S/C18H12ClN5O/c19-13-5-7-14(8-6-13)23-18(25)16-10-22-17(11-21-16)24-15-4-2-1-3-12(15)9-20/h1-8,10-11H,(H,22,24)(H,23,25). The lowest BCUT2D eigenvalue weighted by molar-refractivity contribution is 0.102. The van der Waals surface area contributed by atoms with Gasteiger partial charge in [0.25, 0.3) is 5.91 Å². The highest BCUT2D eigenvalue weighted by Crippen LogP contribution is 2.18. The maximum atomic E-state index is 12.2. The molecule has 0 saturated carbocycles. The summed E-state index contributed by atoms with van der Waals surface area (Å²) in [4.78, 5) is 20.4. The Balaban J connectivity index is 1.70. The topological polar surface area (TPSA) is 90.7 Å². The molecule has 0 atom stereocenters. The quantitative estimate of drug-likeness (QED) is 0.743. The van der Waals surface area contributed by atoms with Crippen LogP contribution in [0.1, 0.15) is 16.1 Å². The van der Waals surface area contributed by atoms with Crippen LogP contribution in [0.25, 0.3) is 0 Å². The lowest BCUT2D eigenvalue weighted by Gasteiger charge is -2.08. The van der Waals surface area contributed by atoms with Gasteiger partial charge in [-0.3, -0.25) is 4.79 Å². The van der Waals surface area contributed by atoms with Gasteiger partial charge < -0.3 is 10.6 Å². The van der Waals surface area contributed by atoms with E-state index in [1.165, 1.54) is 12.4 Å². The molecule has 6 nitrogen and oxygen atoms in total. The minimum absolute atomic E-state index is 0.175. The lowest BCUT2D eigenvalue weighted by Crippen LogP contribution is -2.14. The molecule has 7 heteroatoms. The van der Waals surface area contributed by atoms with E-state index in [0.29, 0.717) is 27.8 Å². The Kier molecular flexibility index (Phi) is 4.88. The van der Waals surface area contributed by atoms with Crippen molar-refractivity contribution in [3.8, 4) is 6.07 Å². The normalized spacial score (nSPS) is 9.92. The number of nitrogens with zero attached hydrogens (tertiary/aromatic N) is 3. The molecule has 0 fully saturated rings. The fourth-order valence-electron chi connectivity index (χ4n) is 2.07. The SMILES string of the molecule is N#Cc1ccccc1Nc1cnc(C(=O)Nc2ccc(Cl)cc2)cn1. The first-order valence-corrected chi connectivity index (χ1v) is 7.68. The first-order valence-electron chi connectivity index (χ1n) is 7.31. The second-order valence-corrected chi connectivity index (χ2v) is 5.47. The van der Waals surface area contributed by atoms with Crippen LogP contribution in [0.2, 0.25) is 5.02 Å². The molecule has 2 N–H and O–H groups in total. The number of amides is 1. The van der Waals surface area contributed by atoms with E-state index in [1.54, 1.807) is 42.5 Å². The van der Waals surface area contributed by atoms with Crippen LogP contribution in [0.5, 0.6) is 0 Å². The van der Waals surface area contributed by atoms with Gasteiger partial charge in [0.05, 0.1) is 23.6 Å². The summed E-state index contributed by atoms with van der Waals surface area (Å²) < 4.78 is 0. The molecule has 25 heavy (non-hydrogen) atoms. The van der Waals surface area contributed by atoms with Crippen LogP contribution in [-0.4, -0.2) is 15.9 Å². The average Bonchev–Trinajstić information content (AvgIpc) is 2.64. The molecule has 0 spiro atoms. The number of hydrogen-bond donors (Lipinski definition) is 2. The van der Waals surface area contributed by atoms with Crippen molar-refractivity contribution in [1.29, 1.82) is 5.26 Å². The zero-order chi connectivity index (χ0) is 17.6. The van der Waals surface area contributed by atoms with Crippen molar-refractivity contribution in [1.82, 2.24) is 9.97 Å². The van der Waals surface area contributed by atoms with Gasteiger partial charge in [0.2, 0.25) is 0 Å². The van der Waals surface area contributed by atoms with Crippen molar-refractivity contribution in [3.63, 3.8) is 0 Å². The number of nitriles is 1. The highest BCUT2D eigenvalue weighted by molar-refractivity contribution is 6.30. The summed E-state index contributed by atoms with van der Waals surface area (Å²) in [5.74, 6) is 0.0598. The highest BCUT2D eigenvalue weighted by Gasteiger charge is 2.09. The largest absolute Gasteiger partial charge is 0.338 e. The number of rotatable bonds is 4. The van der Waals surface area contributed by atoms with Crippen molar-refractivity contribution >= 4 is 34.7 Å². The van der Waals surface area contributed by atoms with E-state index >= 15 is 0 Å². The molecule has 2 aromatic carbocycles. The maximum absolute atomic E-state index is 12.2. The predicted octanol–water partition coefficient (Wildman–Crippen LogP) is 4.00. The summed E-state index contributed by atoms with van der Waals surface area (Å²) in [7, 11) is 0. The Morgan fingerprint density at radius 3 is 2.48 bits per heavy atom. The number of carbonyl (C=O) groups is 1. The lowest BCUT2D eigenvalue weighted by atomic mass is 10.2. The van der Waals surface area contributed by atoms with Crippen LogP contribution in [-0.2, 0) is 0 Å². The van der Waals surface area contributed by atoms with Crippen molar-refractivity contribution in [2.75, 3.05) is 10.6 Å². The molecule has 0 bridgehead atoms. The van der Waals surface area contributed by atoms with Crippen LogP contribution in [0.4, 0.5) is 17.2 Å². The summed E-state index contributed by atoms with van der Waals surface area (Å²) in [5, 5.41) is 15.4. The fraction of sp³-hybridized carbons (Fsp3) is 0. The molecule has 122 valence electrons. The van der Waals surface area contributed by atoms with E-state index in [9.17, 15) is 4.79 Å². The molecule has 0 radical (unpaired) electrons. The van der Waals surface area contributed by atoms with Gasteiger partial charge in [-0.15, -0.1) is 0 Å². The molecule has 1 heterocycles. The van der Waals surface area contributed by atoms with Gasteiger partial charge >= 0.3 is 0 Å². The van der Waals surface area contributed by atoms with Crippen molar-refractivity contribution < 1.29 is 4.79 Å². The molecule has 1 amide bonds.